The average Bonchev–Trinajstić information content (AvgIpc) is 2.19. The molecule has 1 rings (SSSR count). The van der Waals surface area contributed by atoms with Gasteiger partial charge in [0.25, 0.3) is 0 Å². The van der Waals surface area contributed by atoms with E-state index in [0.717, 1.165) is 24.3 Å². The summed E-state index contributed by atoms with van der Waals surface area (Å²) < 4.78 is 0. The fraction of sp³-hybridized carbons (Fsp3) is 0.500. The third-order valence-corrected chi connectivity index (χ3v) is 2.63. The fourth-order valence-corrected chi connectivity index (χ4v) is 1.70. The van der Waals surface area contributed by atoms with Crippen LogP contribution in [0.1, 0.15) is 32.4 Å². The van der Waals surface area contributed by atoms with Crippen molar-refractivity contribution in [3.63, 3.8) is 0 Å². The van der Waals surface area contributed by atoms with Crippen LogP contribution in [0.4, 0.5) is 5.69 Å². The van der Waals surface area contributed by atoms with Gasteiger partial charge in [-0.15, -0.1) is 0 Å². The summed E-state index contributed by atoms with van der Waals surface area (Å²) in [4.78, 5) is 2.19. The second kappa shape index (κ2) is 5.03. The van der Waals surface area contributed by atoms with Crippen LogP contribution in [0.15, 0.2) is 18.2 Å². The highest BCUT2D eigenvalue weighted by Crippen LogP contribution is 2.27. The van der Waals surface area contributed by atoms with Gasteiger partial charge in [-0.3, -0.25) is 0 Å². The average molecular weight is 208 g/mol. The highest BCUT2D eigenvalue weighted by atomic mass is 16.3. The van der Waals surface area contributed by atoms with Crippen LogP contribution in [0, 0.1) is 0 Å². The lowest BCUT2D eigenvalue weighted by Gasteiger charge is -2.22. The molecule has 1 atom stereocenters. The third-order valence-electron chi connectivity index (χ3n) is 2.63. The summed E-state index contributed by atoms with van der Waals surface area (Å²) in [5, 5.41) is 9.80. The van der Waals surface area contributed by atoms with Crippen molar-refractivity contribution in [2.45, 2.75) is 26.8 Å². The molecule has 0 spiro atoms. The number of hydrogen-bond acceptors (Lipinski definition) is 3. The van der Waals surface area contributed by atoms with Crippen molar-refractivity contribution in [3.8, 4) is 5.75 Å². The van der Waals surface area contributed by atoms with E-state index < -0.39 is 0 Å². The molecule has 84 valence electrons. The van der Waals surface area contributed by atoms with Crippen molar-refractivity contribution in [1.82, 2.24) is 0 Å². The molecule has 3 N–H and O–H groups in total. The molecule has 0 heterocycles. The zero-order valence-electron chi connectivity index (χ0n) is 9.70. The summed E-state index contributed by atoms with van der Waals surface area (Å²) in [6, 6.07) is 5.56. The van der Waals surface area contributed by atoms with Crippen LogP contribution >= 0.6 is 0 Å². The summed E-state index contributed by atoms with van der Waals surface area (Å²) in [7, 11) is 0. The number of phenols is 1. The number of nitrogens with zero attached hydrogens (tertiary/aromatic N) is 1. The number of benzene rings is 1. The van der Waals surface area contributed by atoms with Gasteiger partial charge in [-0.2, -0.15) is 0 Å². The molecule has 0 radical (unpaired) electrons. The molecule has 1 aromatic carbocycles. The molecule has 0 fully saturated rings. The zero-order valence-corrected chi connectivity index (χ0v) is 9.70. The van der Waals surface area contributed by atoms with E-state index in [1.807, 2.05) is 19.1 Å². The first kappa shape index (κ1) is 11.9. The Labute approximate surface area is 91.5 Å². The number of hydrogen-bond donors (Lipinski definition) is 2. The maximum atomic E-state index is 9.80. The highest BCUT2D eigenvalue weighted by Gasteiger charge is 2.08. The summed E-state index contributed by atoms with van der Waals surface area (Å²) in [5.41, 5.74) is 7.57. The minimum Gasteiger partial charge on any atom is -0.508 e. The molecule has 15 heavy (non-hydrogen) atoms. The Balaban J connectivity index is 3.00. The molecule has 0 aliphatic carbocycles. The van der Waals surface area contributed by atoms with Gasteiger partial charge in [-0.05, 0) is 26.8 Å². The van der Waals surface area contributed by atoms with Crippen molar-refractivity contribution in [1.29, 1.82) is 0 Å². The van der Waals surface area contributed by atoms with Gasteiger partial charge >= 0.3 is 0 Å². The Hall–Kier alpha value is -1.22. The monoisotopic (exact) mass is 208 g/mol. The molecule has 0 amide bonds. The minimum absolute atomic E-state index is 0.129. The van der Waals surface area contributed by atoms with Crippen LogP contribution in [-0.4, -0.2) is 18.2 Å². The normalized spacial score (nSPS) is 12.5. The fourth-order valence-electron chi connectivity index (χ4n) is 1.70. The first-order chi connectivity index (χ1) is 7.10. The number of aromatic hydroxyl groups is 1. The molecule has 0 aromatic heterocycles. The molecule has 0 saturated carbocycles. The molecule has 0 unspecified atom stereocenters. The van der Waals surface area contributed by atoms with Crippen molar-refractivity contribution in [3.05, 3.63) is 23.8 Å². The Bertz CT molecular complexity index is 319. The SMILES string of the molecule is CCN(CC)c1ccc([C@@H](C)N)c(O)c1. The van der Waals surface area contributed by atoms with E-state index >= 15 is 0 Å². The van der Waals surface area contributed by atoms with E-state index in [0.29, 0.717) is 0 Å². The highest BCUT2D eigenvalue weighted by molar-refractivity contribution is 5.53. The van der Waals surface area contributed by atoms with Gasteiger partial charge in [0, 0.05) is 36.4 Å². The Morgan fingerprint density at radius 2 is 1.93 bits per heavy atom. The maximum absolute atomic E-state index is 9.80. The number of anilines is 1. The second-order valence-corrected chi connectivity index (χ2v) is 3.70. The van der Waals surface area contributed by atoms with E-state index in [2.05, 4.69) is 18.7 Å². The molecular weight excluding hydrogens is 188 g/mol. The smallest absolute Gasteiger partial charge is 0.122 e. The van der Waals surface area contributed by atoms with Gasteiger partial charge in [0.05, 0.1) is 0 Å². The topological polar surface area (TPSA) is 49.5 Å². The van der Waals surface area contributed by atoms with Crippen LogP contribution in [0.2, 0.25) is 0 Å². The number of rotatable bonds is 4. The van der Waals surface area contributed by atoms with Crippen LogP contribution in [0.3, 0.4) is 0 Å². The predicted octanol–water partition coefficient (Wildman–Crippen LogP) is 2.26. The quantitative estimate of drug-likeness (QED) is 0.798. The van der Waals surface area contributed by atoms with Gasteiger partial charge in [-0.1, -0.05) is 6.07 Å². The molecule has 0 saturated heterocycles. The molecule has 1 aromatic rings. The Morgan fingerprint density at radius 3 is 2.33 bits per heavy atom. The molecule has 0 aliphatic heterocycles. The summed E-state index contributed by atoms with van der Waals surface area (Å²) >= 11 is 0. The van der Waals surface area contributed by atoms with Crippen molar-refractivity contribution in [2.24, 2.45) is 5.73 Å². The molecular formula is C12H20N2O. The first-order valence-corrected chi connectivity index (χ1v) is 5.43. The predicted molar refractivity (Wildman–Crippen MR) is 64.3 cm³/mol. The standard InChI is InChI=1S/C12H20N2O/c1-4-14(5-2)10-6-7-11(9(3)13)12(15)8-10/h6-9,15H,4-5,13H2,1-3H3/t9-/m1/s1. The third kappa shape index (κ3) is 2.63. The Kier molecular flexibility index (Phi) is 3.97. The van der Waals surface area contributed by atoms with Gasteiger partial charge in [0.15, 0.2) is 0 Å². The number of phenolic OH excluding ortho intramolecular Hbond substituents is 1. The van der Waals surface area contributed by atoms with Crippen LogP contribution in [0.5, 0.6) is 5.75 Å². The molecule has 3 heteroatoms. The van der Waals surface area contributed by atoms with Crippen LogP contribution in [0.25, 0.3) is 0 Å². The van der Waals surface area contributed by atoms with Gasteiger partial charge < -0.3 is 15.7 Å². The zero-order chi connectivity index (χ0) is 11.4. The lowest BCUT2D eigenvalue weighted by Crippen LogP contribution is -2.21. The van der Waals surface area contributed by atoms with E-state index in [1.165, 1.54) is 0 Å². The van der Waals surface area contributed by atoms with E-state index in [-0.39, 0.29) is 11.8 Å². The largest absolute Gasteiger partial charge is 0.508 e. The lowest BCUT2D eigenvalue weighted by atomic mass is 10.1. The molecule has 0 aliphatic rings. The first-order valence-electron chi connectivity index (χ1n) is 5.43. The Morgan fingerprint density at radius 1 is 1.33 bits per heavy atom. The van der Waals surface area contributed by atoms with E-state index in [1.54, 1.807) is 6.07 Å². The molecule has 3 nitrogen and oxygen atoms in total. The summed E-state index contributed by atoms with van der Waals surface area (Å²) in [6.45, 7) is 7.94. The molecule has 0 bridgehead atoms. The van der Waals surface area contributed by atoms with Crippen LogP contribution < -0.4 is 10.6 Å². The van der Waals surface area contributed by atoms with Crippen LogP contribution in [-0.2, 0) is 0 Å². The summed E-state index contributed by atoms with van der Waals surface area (Å²) in [6.07, 6.45) is 0. The lowest BCUT2D eigenvalue weighted by molar-refractivity contribution is 0.463. The summed E-state index contributed by atoms with van der Waals surface area (Å²) in [5.74, 6) is 0.286. The van der Waals surface area contributed by atoms with E-state index in [9.17, 15) is 5.11 Å². The van der Waals surface area contributed by atoms with Crippen molar-refractivity contribution >= 4 is 5.69 Å². The van der Waals surface area contributed by atoms with Gasteiger partial charge in [-0.25, -0.2) is 0 Å². The van der Waals surface area contributed by atoms with Gasteiger partial charge in [0.1, 0.15) is 5.75 Å². The second-order valence-electron chi connectivity index (χ2n) is 3.70. The van der Waals surface area contributed by atoms with E-state index in [4.69, 9.17) is 5.73 Å². The minimum atomic E-state index is -0.129. The van der Waals surface area contributed by atoms with Gasteiger partial charge in [0.2, 0.25) is 0 Å². The maximum Gasteiger partial charge on any atom is 0.122 e. The van der Waals surface area contributed by atoms with Crippen molar-refractivity contribution < 1.29 is 5.11 Å². The van der Waals surface area contributed by atoms with Crippen molar-refractivity contribution in [2.75, 3.05) is 18.0 Å². The number of nitrogens with two attached hydrogens (primary N) is 1.